The average Bonchev–Trinajstić information content (AvgIpc) is 1.41. The Morgan fingerprint density at radius 3 is 1.50 bits per heavy atom. The zero-order chi connectivity index (χ0) is 4.12. The number of hydrogen-bond donors (Lipinski definition) is 1. The molecule has 0 aliphatic heterocycles. The zero-order valence-corrected chi connectivity index (χ0v) is 3.91. The summed E-state index contributed by atoms with van der Waals surface area (Å²) in [7, 11) is 0. The van der Waals surface area contributed by atoms with E-state index in [-0.39, 0.29) is 45.5 Å². The molecular formula is C4H13NSr. The van der Waals surface area contributed by atoms with E-state index < -0.39 is 0 Å². The Morgan fingerprint density at radius 2 is 1.50 bits per heavy atom. The molecule has 6 heavy (non-hydrogen) atoms. The third kappa shape index (κ3) is 9.06. The van der Waals surface area contributed by atoms with Gasteiger partial charge in [-0.15, -0.1) is 0 Å². The molecule has 0 radical (unpaired) electrons. The van der Waals surface area contributed by atoms with Crippen LogP contribution in [0.25, 0.3) is 0 Å². The molecule has 0 heterocycles. The summed E-state index contributed by atoms with van der Waals surface area (Å²) >= 11 is 0. The molecule has 0 unspecified atom stereocenters. The molecule has 0 bridgehead atoms. The predicted octanol–water partition coefficient (Wildman–Crippen LogP) is -0.300. The molecule has 2 heteroatoms. The Bertz CT molecular complexity index is 15.0. The molecule has 0 aromatic rings. The van der Waals surface area contributed by atoms with Crippen LogP contribution in [0.15, 0.2) is 0 Å². The first-order valence-electron chi connectivity index (χ1n) is 2.12. The van der Waals surface area contributed by atoms with Gasteiger partial charge in [-0.25, -0.2) is 0 Å². The molecular weight excluding hydrogens is 150 g/mol. The van der Waals surface area contributed by atoms with Crippen molar-refractivity contribution in [3.8, 4) is 0 Å². The van der Waals surface area contributed by atoms with E-state index in [2.05, 4.69) is 19.2 Å². The van der Waals surface area contributed by atoms with Crippen molar-refractivity contribution in [1.82, 2.24) is 5.32 Å². The van der Waals surface area contributed by atoms with E-state index in [4.69, 9.17) is 0 Å². The summed E-state index contributed by atoms with van der Waals surface area (Å²) in [4.78, 5) is 0. The molecule has 0 aliphatic carbocycles. The first kappa shape index (κ1) is 10.4. The van der Waals surface area contributed by atoms with E-state index in [1.807, 2.05) is 0 Å². The third-order valence-corrected chi connectivity index (χ3v) is 0.500. The number of rotatable bonds is 2. The van der Waals surface area contributed by atoms with Gasteiger partial charge in [0.25, 0.3) is 0 Å². The first-order valence-corrected chi connectivity index (χ1v) is 2.12. The van der Waals surface area contributed by atoms with Gasteiger partial charge in [-0.1, -0.05) is 13.8 Å². The van der Waals surface area contributed by atoms with Crippen molar-refractivity contribution in [3.63, 3.8) is 0 Å². The van der Waals surface area contributed by atoms with Crippen LogP contribution in [0.4, 0.5) is 0 Å². The van der Waals surface area contributed by atoms with Gasteiger partial charge in [-0.05, 0) is 13.1 Å². The molecule has 0 amide bonds. The fraction of sp³-hybridized carbons (Fsp3) is 1.00. The molecule has 0 atom stereocenters. The van der Waals surface area contributed by atoms with Crippen LogP contribution in [0.3, 0.4) is 0 Å². The second-order valence-electron chi connectivity index (χ2n) is 0.957. The van der Waals surface area contributed by atoms with Gasteiger partial charge < -0.3 is 5.32 Å². The van der Waals surface area contributed by atoms with Gasteiger partial charge in [0.2, 0.25) is 0 Å². The molecule has 1 N–H and O–H groups in total. The Kier molecular flexibility index (Phi) is 16.8. The van der Waals surface area contributed by atoms with Gasteiger partial charge in [-0.2, -0.15) is 0 Å². The summed E-state index contributed by atoms with van der Waals surface area (Å²) in [6, 6.07) is 0. The van der Waals surface area contributed by atoms with Gasteiger partial charge in [0.1, 0.15) is 0 Å². The molecule has 1 nitrogen and oxygen atoms in total. The normalized spacial score (nSPS) is 7.00. The zero-order valence-electron chi connectivity index (χ0n) is 3.91. The number of hydrogen-bond acceptors (Lipinski definition) is 1. The predicted molar refractivity (Wildman–Crippen MR) is 32.8 cm³/mol. The summed E-state index contributed by atoms with van der Waals surface area (Å²) in [5.41, 5.74) is 0. The molecule has 0 fully saturated rings. The maximum absolute atomic E-state index is 3.11. The van der Waals surface area contributed by atoms with E-state index in [9.17, 15) is 0 Å². The third-order valence-electron chi connectivity index (χ3n) is 0.500. The van der Waals surface area contributed by atoms with Crippen LogP contribution in [0.5, 0.6) is 0 Å². The van der Waals surface area contributed by atoms with E-state index >= 15 is 0 Å². The van der Waals surface area contributed by atoms with Gasteiger partial charge in [0, 0.05) is 0 Å². The Balaban J connectivity index is 0. The minimum absolute atomic E-state index is 0. The summed E-state index contributed by atoms with van der Waals surface area (Å²) in [5, 5.41) is 3.11. The molecule has 0 saturated carbocycles. The fourth-order valence-electron chi connectivity index (χ4n) is 0.250. The molecule has 0 aliphatic rings. The van der Waals surface area contributed by atoms with Crippen LogP contribution in [-0.2, 0) is 0 Å². The SMILES string of the molecule is CCNCC.[SrH2]. The van der Waals surface area contributed by atoms with Crippen LogP contribution in [0.1, 0.15) is 13.8 Å². The summed E-state index contributed by atoms with van der Waals surface area (Å²) in [6.45, 7) is 6.39. The van der Waals surface area contributed by atoms with Crippen molar-refractivity contribution < 1.29 is 0 Å². The van der Waals surface area contributed by atoms with Crippen LogP contribution in [0, 0.1) is 0 Å². The quantitative estimate of drug-likeness (QED) is 0.550. The van der Waals surface area contributed by atoms with Crippen molar-refractivity contribution in [2.24, 2.45) is 0 Å². The average molecular weight is 163 g/mol. The topological polar surface area (TPSA) is 12.0 Å². The van der Waals surface area contributed by atoms with E-state index in [0.29, 0.717) is 0 Å². The van der Waals surface area contributed by atoms with Gasteiger partial charge in [0.05, 0.1) is 0 Å². The van der Waals surface area contributed by atoms with Crippen LogP contribution in [-0.4, -0.2) is 58.6 Å². The summed E-state index contributed by atoms with van der Waals surface area (Å²) in [5.74, 6) is 0. The van der Waals surface area contributed by atoms with Crippen molar-refractivity contribution in [1.29, 1.82) is 0 Å². The van der Waals surface area contributed by atoms with Crippen LogP contribution >= 0.6 is 0 Å². The maximum atomic E-state index is 3.11. The minimum atomic E-state index is 0. The second kappa shape index (κ2) is 9.67. The van der Waals surface area contributed by atoms with Crippen LogP contribution in [0.2, 0.25) is 0 Å². The Hall–Kier alpha value is 1.44. The van der Waals surface area contributed by atoms with Crippen molar-refractivity contribution in [3.05, 3.63) is 0 Å². The Labute approximate surface area is 76.8 Å². The fourth-order valence-corrected chi connectivity index (χ4v) is 0.250. The molecule has 0 saturated heterocycles. The molecule has 0 aromatic carbocycles. The van der Waals surface area contributed by atoms with E-state index in [0.717, 1.165) is 13.1 Å². The van der Waals surface area contributed by atoms with Gasteiger partial charge in [0.15, 0.2) is 0 Å². The summed E-state index contributed by atoms with van der Waals surface area (Å²) in [6.07, 6.45) is 0. The van der Waals surface area contributed by atoms with Crippen molar-refractivity contribution >= 4 is 45.5 Å². The molecule has 36 valence electrons. The second-order valence-corrected chi connectivity index (χ2v) is 0.957. The van der Waals surface area contributed by atoms with E-state index in [1.54, 1.807) is 0 Å². The Morgan fingerprint density at radius 1 is 1.17 bits per heavy atom. The monoisotopic (exact) mass is 163 g/mol. The van der Waals surface area contributed by atoms with Gasteiger partial charge >= 0.3 is 45.5 Å². The van der Waals surface area contributed by atoms with Crippen molar-refractivity contribution in [2.75, 3.05) is 13.1 Å². The summed E-state index contributed by atoms with van der Waals surface area (Å²) < 4.78 is 0. The molecule has 0 rings (SSSR count). The first-order chi connectivity index (χ1) is 2.41. The van der Waals surface area contributed by atoms with Gasteiger partial charge in [-0.3, -0.25) is 0 Å². The van der Waals surface area contributed by atoms with E-state index in [1.165, 1.54) is 0 Å². The van der Waals surface area contributed by atoms with Crippen molar-refractivity contribution in [2.45, 2.75) is 13.8 Å². The van der Waals surface area contributed by atoms with Crippen LogP contribution < -0.4 is 5.32 Å². The number of nitrogens with one attached hydrogen (secondary N) is 1. The molecule has 0 aromatic heterocycles. The standard InChI is InChI=1S/C4H11N.Sr.2H/c1-3-5-4-2;;;/h5H,3-4H2,1-2H3;;;. The molecule has 0 spiro atoms.